The predicted molar refractivity (Wildman–Crippen MR) is 62.4 cm³/mol. The Hall–Kier alpha value is -1.36. The van der Waals surface area contributed by atoms with Crippen molar-refractivity contribution in [2.45, 2.75) is 19.8 Å². The molecule has 1 saturated heterocycles. The zero-order valence-corrected chi connectivity index (χ0v) is 10.2. The number of carbonyl (C=O) groups is 2. The molecule has 0 aromatic rings. The number of amides is 1. The lowest BCUT2D eigenvalue weighted by molar-refractivity contribution is -0.140. The monoisotopic (exact) mass is 241 g/mol. The fourth-order valence-corrected chi connectivity index (χ4v) is 1.53. The van der Waals surface area contributed by atoms with Gasteiger partial charge in [-0.05, 0) is 13.3 Å². The molecular formula is C12H19NO4. The average molecular weight is 241 g/mol. The van der Waals surface area contributed by atoms with Gasteiger partial charge in [-0.15, -0.1) is 0 Å². The molecule has 0 saturated carbocycles. The standard InChI is InChI=1S/C12H19NO4/c1-10(2)12(15)17-9-8-16-7-6-13-5-3-4-11(13)14/h1,3-9H2,2H3. The van der Waals surface area contributed by atoms with Gasteiger partial charge in [0.05, 0.1) is 13.2 Å². The van der Waals surface area contributed by atoms with Gasteiger partial charge in [0.1, 0.15) is 6.61 Å². The van der Waals surface area contributed by atoms with Gasteiger partial charge in [-0.2, -0.15) is 0 Å². The van der Waals surface area contributed by atoms with E-state index < -0.39 is 5.97 Å². The Labute approximate surface area is 101 Å². The topological polar surface area (TPSA) is 55.8 Å². The van der Waals surface area contributed by atoms with E-state index in [9.17, 15) is 9.59 Å². The maximum atomic E-state index is 11.2. The van der Waals surface area contributed by atoms with Crippen LogP contribution in [0.2, 0.25) is 0 Å². The van der Waals surface area contributed by atoms with E-state index in [0.717, 1.165) is 13.0 Å². The fraction of sp³-hybridized carbons (Fsp3) is 0.667. The number of carbonyl (C=O) groups excluding carboxylic acids is 2. The first-order valence-electron chi connectivity index (χ1n) is 5.79. The van der Waals surface area contributed by atoms with Gasteiger partial charge in [-0.25, -0.2) is 4.79 Å². The van der Waals surface area contributed by atoms with Crippen LogP contribution < -0.4 is 0 Å². The van der Waals surface area contributed by atoms with Crippen molar-refractivity contribution < 1.29 is 19.1 Å². The molecule has 1 amide bonds. The molecule has 1 fully saturated rings. The Morgan fingerprint density at radius 2 is 2.18 bits per heavy atom. The third-order valence-electron chi connectivity index (χ3n) is 2.49. The second-order valence-electron chi connectivity index (χ2n) is 4.01. The Morgan fingerprint density at radius 3 is 2.76 bits per heavy atom. The van der Waals surface area contributed by atoms with Gasteiger partial charge < -0.3 is 14.4 Å². The highest BCUT2D eigenvalue weighted by atomic mass is 16.6. The van der Waals surface area contributed by atoms with Gasteiger partial charge in [-0.3, -0.25) is 4.79 Å². The highest BCUT2D eigenvalue weighted by molar-refractivity contribution is 5.86. The second-order valence-corrected chi connectivity index (χ2v) is 4.01. The van der Waals surface area contributed by atoms with Crippen LogP contribution in [0.1, 0.15) is 19.8 Å². The van der Waals surface area contributed by atoms with Crippen LogP contribution in [-0.4, -0.2) is 49.7 Å². The van der Waals surface area contributed by atoms with Crippen LogP contribution in [-0.2, 0) is 19.1 Å². The summed E-state index contributed by atoms with van der Waals surface area (Å²) in [5.74, 6) is -0.203. The molecule has 1 rings (SSSR count). The molecule has 0 spiro atoms. The molecule has 0 N–H and O–H groups in total. The lowest BCUT2D eigenvalue weighted by atomic mass is 10.4. The molecule has 1 aliphatic heterocycles. The summed E-state index contributed by atoms with van der Waals surface area (Å²) >= 11 is 0. The molecule has 0 aromatic heterocycles. The summed E-state index contributed by atoms with van der Waals surface area (Å²) in [6, 6.07) is 0. The van der Waals surface area contributed by atoms with E-state index in [4.69, 9.17) is 9.47 Å². The minimum Gasteiger partial charge on any atom is -0.460 e. The first-order valence-corrected chi connectivity index (χ1v) is 5.79. The van der Waals surface area contributed by atoms with Crippen molar-refractivity contribution in [2.75, 3.05) is 32.9 Å². The summed E-state index contributed by atoms with van der Waals surface area (Å²) in [7, 11) is 0. The van der Waals surface area contributed by atoms with Crippen molar-refractivity contribution in [2.24, 2.45) is 0 Å². The molecule has 0 unspecified atom stereocenters. The molecule has 17 heavy (non-hydrogen) atoms. The molecule has 96 valence electrons. The number of ether oxygens (including phenoxy) is 2. The summed E-state index contributed by atoms with van der Waals surface area (Å²) in [6.07, 6.45) is 1.59. The van der Waals surface area contributed by atoms with Crippen molar-refractivity contribution in [1.29, 1.82) is 0 Å². The molecule has 1 aliphatic rings. The minimum absolute atomic E-state index is 0.197. The molecule has 0 radical (unpaired) electrons. The van der Waals surface area contributed by atoms with Gasteiger partial charge in [0, 0.05) is 25.1 Å². The molecule has 1 heterocycles. The van der Waals surface area contributed by atoms with Crippen molar-refractivity contribution in [1.82, 2.24) is 4.90 Å². The summed E-state index contributed by atoms with van der Waals surface area (Å²) in [5.41, 5.74) is 0.382. The van der Waals surface area contributed by atoms with E-state index in [2.05, 4.69) is 6.58 Å². The zero-order valence-electron chi connectivity index (χ0n) is 10.2. The molecule has 0 aliphatic carbocycles. The van der Waals surface area contributed by atoms with Gasteiger partial charge in [0.25, 0.3) is 0 Å². The summed E-state index contributed by atoms with van der Waals surface area (Å²) < 4.78 is 10.1. The van der Waals surface area contributed by atoms with Gasteiger partial charge in [-0.1, -0.05) is 6.58 Å². The molecule has 0 aromatic carbocycles. The maximum absolute atomic E-state index is 11.2. The van der Waals surface area contributed by atoms with E-state index in [0.29, 0.717) is 31.8 Å². The van der Waals surface area contributed by atoms with Crippen LogP contribution in [0, 0.1) is 0 Å². The van der Waals surface area contributed by atoms with Crippen molar-refractivity contribution in [3.8, 4) is 0 Å². The van der Waals surface area contributed by atoms with E-state index in [1.807, 2.05) is 0 Å². The number of rotatable bonds is 7. The smallest absolute Gasteiger partial charge is 0.333 e. The third kappa shape index (κ3) is 4.99. The Kier molecular flexibility index (Phi) is 5.69. The SMILES string of the molecule is C=C(C)C(=O)OCCOCCN1CCCC1=O. The third-order valence-corrected chi connectivity index (χ3v) is 2.49. The molecule has 0 atom stereocenters. The van der Waals surface area contributed by atoms with Crippen molar-refractivity contribution in [3.63, 3.8) is 0 Å². The van der Waals surface area contributed by atoms with Gasteiger partial charge in [0.2, 0.25) is 5.91 Å². The van der Waals surface area contributed by atoms with E-state index in [1.54, 1.807) is 11.8 Å². The number of nitrogens with zero attached hydrogens (tertiary/aromatic N) is 1. The maximum Gasteiger partial charge on any atom is 0.333 e. The normalized spacial score (nSPS) is 15.1. The molecule has 5 nitrogen and oxygen atoms in total. The number of hydrogen-bond donors (Lipinski definition) is 0. The van der Waals surface area contributed by atoms with Crippen LogP contribution in [0.15, 0.2) is 12.2 Å². The highest BCUT2D eigenvalue weighted by Gasteiger charge is 2.19. The quantitative estimate of drug-likeness (QED) is 0.375. The first kappa shape index (κ1) is 13.7. The van der Waals surface area contributed by atoms with Gasteiger partial charge in [0.15, 0.2) is 0 Å². The van der Waals surface area contributed by atoms with Crippen molar-refractivity contribution in [3.05, 3.63) is 12.2 Å². The molecular weight excluding hydrogens is 222 g/mol. The highest BCUT2D eigenvalue weighted by Crippen LogP contribution is 2.08. The Balaban J connectivity index is 1.96. The zero-order chi connectivity index (χ0) is 12.7. The lowest BCUT2D eigenvalue weighted by Gasteiger charge is -2.15. The molecule has 0 bridgehead atoms. The van der Waals surface area contributed by atoms with Crippen LogP contribution in [0.3, 0.4) is 0 Å². The summed E-state index contributed by atoms with van der Waals surface area (Å²) in [5, 5.41) is 0. The van der Waals surface area contributed by atoms with Crippen LogP contribution in [0.5, 0.6) is 0 Å². The molecule has 5 heteroatoms. The van der Waals surface area contributed by atoms with Crippen LogP contribution in [0.25, 0.3) is 0 Å². The fourth-order valence-electron chi connectivity index (χ4n) is 1.53. The van der Waals surface area contributed by atoms with Crippen LogP contribution >= 0.6 is 0 Å². The second kappa shape index (κ2) is 7.06. The first-order chi connectivity index (χ1) is 8.11. The predicted octanol–water partition coefficient (Wildman–Crippen LogP) is 0.745. The largest absolute Gasteiger partial charge is 0.460 e. The number of esters is 1. The van der Waals surface area contributed by atoms with Gasteiger partial charge >= 0.3 is 5.97 Å². The number of hydrogen-bond acceptors (Lipinski definition) is 4. The number of likely N-dealkylation sites (tertiary alicyclic amines) is 1. The minimum atomic E-state index is -0.400. The van der Waals surface area contributed by atoms with E-state index in [-0.39, 0.29) is 12.5 Å². The summed E-state index contributed by atoms with van der Waals surface area (Å²) in [6.45, 7) is 7.57. The Bertz CT molecular complexity index is 301. The lowest BCUT2D eigenvalue weighted by Crippen LogP contribution is -2.28. The Morgan fingerprint density at radius 1 is 1.41 bits per heavy atom. The van der Waals surface area contributed by atoms with E-state index in [1.165, 1.54) is 0 Å². The van der Waals surface area contributed by atoms with E-state index >= 15 is 0 Å². The van der Waals surface area contributed by atoms with Crippen LogP contribution in [0.4, 0.5) is 0 Å². The summed E-state index contributed by atoms with van der Waals surface area (Å²) in [4.78, 5) is 24.0. The van der Waals surface area contributed by atoms with Crippen molar-refractivity contribution >= 4 is 11.9 Å². The average Bonchev–Trinajstić information content (AvgIpc) is 2.68.